The minimum absolute atomic E-state index is 0.0466. The van der Waals surface area contributed by atoms with Gasteiger partial charge < -0.3 is 15.2 Å². The molecule has 8 heteroatoms. The van der Waals surface area contributed by atoms with Gasteiger partial charge in [0.05, 0.1) is 5.97 Å². The molecule has 2 rings (SSSR count). The molecule has 0 saturated heterocycles. The Bertz CT molecular complexity index is 455. The summed E-state index contributed by atoms with van der Waals surface area (Å²) in [6.07, 6.45) is -4.65. The van der Waals surface area contributed by atoms with Gasteiger partial charge in [0.2, 0.25) is 0 Å². The van der Waals surface area contributed by atoms with Gasteiger partial charge in [-0.05, 0) is 13.3 Å². The van der Waals surface area contributed by atoms with Gasteiger partial charge in [0.15, 0.2) is 6.04 Å². The zero-order valence-electron chi connectivity index (χ0n) is 8.78. The third-order valence-corrected chi connectivity index (χ3v) is 2.59. The Labute approximate surface area is 94.2 Å². The number of hydrogen-bond acceptors (Lipinski definition) is 4. The van der Waals surface area contributed by atoms with Crippen LogP contribution in [0, 0.1) is 0 Å². The van der Waals surface area contributed by atoms with E-state index in [0.717, 1.165) is 6.07 Å². The van der Waals surface area contributed by atoms with Gasteiger partial charge in [0, 0.05) is 12.1 Å². The zero-order valence-corrected chi connectivity index (χ0v) is 8.78. The summed E-state index contributed by atoms with van der Waals surface area (Å²) >= 11 is 0. The van der Waals surface area contributed by atoms with Crippen molar-refractivity contribution in [2.75, 3.05) is 5.32 Å². The Morgan fingerprint density at radius 2 is 2.29 bits per heavy atom. The average molecular weight is 248 g/mol. The first-order valence-electron chi connectivity index (χ1n) is 4.93. The maximum Gasteiger partial charge on any atom is 0.410 e. The molecule has 1 aromatic rings. The van der Waals surface area contributed by atoms with E-state index in [1.807, 2.05) is 0 Å². The minimum atomic E-state index is -4.46. The van der Waals surface area contributed by atoms with Crippen LogP contribution in [-0.4, -0.2) is 28.0 Å². The van der Waals surface area contributed by atoms with Crippen molar-refractivity contribution in [3.8, 4) is 0 Å². The van der Waals surface area contributed by atoms with Crippen LogP contribution in [0.25, 0.3) is 0 Å². The summed E-state index contributed by atoms with van der Waals surface area (Å²) in [5.41, 5.74) is -0.504. The number of hydrogen-bond donors (Lipinski definition) is 1. The normalized spacial score (nSPS) is 24.0. The monoisotopic (exact) mass is 248 g/mol. The number of aromatic carboxylic acids is 1. The van der Waals surface area contributed by atoms with Crippen LogP contribution in [0.4, 0.5) is 19.0 Å². The smallest absolute Gasteiger partial charge is 0.410 e. The Balaban J connectivity index is 2.45. The quantitative estimate of drug-likeness (QED) is 0.788. The van der Waals surface area contributed by atoms with E-state index in [1.54, 1.807) is 6.92 Å². The van der Waals surface area contributed by atoms with Gasteiger partial charge in [0.1, 0.15) is 11.5 Å². The van der Waals surface area contributed by atoms with Crippen LogP contribution in [-0.2, 0) is 0 Å². The highest BCUT2D eigenvalue weighted by atomic mass is 19.4. The number of rotatable bonds is 1. The Kier molecular flexibility index (Phi) is 2.52. The van der Waals surface area contributed by atoms with Gasteiger partial charge in [-0.1, -0.05) is 0 Å². The highest BCUT2D eigenvalue weighted by Crippen LogP contribution is 2.39. The third kappa shape index (κ3) is 2.06. The number of carboxylic acids is 1. The summed E-state index contributed by atoms with van der Waals surface area (Å²) in [5, 5.41) is 16.7. The lowest BCUT2D eigenvalue weighted by atomic mass is 10.1. The summed E-state index contributed by atoms with van der Waals surface area (Å²) < 4.78 is 38.9. The number of carbonyl (C=O) groups excluding carboxylic acids is 1. The lowest BCUT2D eigenvalue weighted by Crippen LogP contribution is -2.38. The molecule has 0 unspecified atom stereocenters. The summed E-state index contributed by atoms with van der Waals surface area (Å²) in [6.45, 7) is 1.59. The summed E-state index contributed by atoms with van der Waals surface area (Å²) in [7, 11) is 0. The van der Waals surface area contributed by atoms with Crippen LogP contribution >= 0.6 is 0 Å². The number of nitrogens with zero attached hydrogens (tertiary/aromatic N) is 2. The lowest BCUT2D eigenvalue weighted by molar-refractivity contribution is -0.255. The number of nitrogens with one attached hydrogen (secondary N) is 1. The second-order valence-electron chi connectivity index (χ2n) is 3.99. The number of fused-ring (bicyclic) bond motifs is 1. The molecule has 0 fully saturated rings. The standard InChI is InChI=1S/C9H10F3N3O2/c1-4-2-6(9(10,11)12)15-7(13-4)3-5(14-15)8(16)17/h3-4,6,13H,2H2,1H3,(H,16,17)/p-1/t4-,6+/m0/s1. The summed E-state index contributed by atoms with van der Waals surface area (Å²) in [6, 6.07) is -1.16. The Hall–Kier alpha value is -1.73. The topological polar surface area (TPSA) is 70.0 Å². The molecule has 0 aromatic carbocycles. The molecule has 94 valence electrons. The van der Waals surface area contributed by atoms with E-state index in [2.05, 4.69) is 10.4 Å². The number of halogens is 3. The molecule has 2 atom stereocenters. The lowest BCUT2D eigenvalue weighted by Gasteiger charge is -2.31. The van der Waals surface area contributed by atoms with Crippen LogP contribution in [0.3, 0.4) is 0 Å². The van der Waals surface area contributed by atoms with E-state index in [0.29, 0.717) is 4.68 Å². The predicted molar refractivity (Wildman–Crippen MR) is 49.4 cm³/mol. The molecule has 17 heavy (non-hydrogen) atoms. The molecule has 1 aliphatic rings. The molecule has 0 amide bonds. The fourth-order valence-electron chi connectivity index (χ4n) is 1.86. The molecule has 1 aromatic heterocycles. The van der Waals surface area contributed by atoms with E-state index in [4.69, 9.17) is 0 Å². The fourth-order valence-corrected chi connectivity index (χ4v) is 1.86. The van der Waals surface area contributed by atoms with Crippen molar-refractivity contribution in [2.45, 2.75) is 31.6 Å². The van der Waals surface area contributed by atoms with Crippen molar-refractivity contribution < 1.29 is 23.1 Å². The van der Waals surface area contributed by atoms with Crippen LogP contribution in [0.2, 0.25) is 0 Å². The van der Waals surface area contributed by atoms with E-state index in [-0.39, 0.29) is 12.2 Å². The molecule has 5 nitrogen and oxygen atoms in total. The zero-order chi connectivity index (χ0) is 12.8. The van der Waals surface area contributed by atoms with Crippen LogP contribution < -0.4 is 10.4 Å². The van der Waals surface area contributed by atoms with E-state index >= 15 is 0 Å². The Morgan fingerprint density at radius 1 is 1.65 bits per heavy atom. The first-order valence-corrected chi connectivity index (χ1v) is 4.93. The van der Waals surface area contributed by atoms with Crippen LogP contribution in [0.5, 0.6) is 0 Å². The second kappa shape index (κ2) is 3.64. The summed E-state index contributed by atoms with van der Waals surface area (Å²) in [4.78, 5) is 10.6. The summed E-state index contributed by atoms with van der Waals surface area (Å²) in [5.74, 6) is -1.55. The van der Waals surface area contributed by atoms with Crippen molar-refractivity contribution >= 4 is 11.8 Å². The molecule has 0 radical (unpaired) electrons. The van der Waals surface area contributed by atoms with Crippen molar-refractivity contribution in [3.63, 3.8) is 0 Å². The average Bonchev–Trinajstić information content (AvgIpc) is 2.58. The number of anilines is 1. The Morgan fingerprint density at radius 3 is 2.82 bits per heavy atom. The van der Waals surface area contributed by atoms with Crippen LogP contribution in [0.1, 0.15) is 29.9 Å². The molecule has 2 heterocycles. The van der Waals surface area contributed by atoms with Gasteiger partial charge in [-0.3, -0.25) is 0 Å². The molecular weight excluding hydrogens is 239 g/mol. The first-order chi connectivity index (χ1) is 7.79. The first kappa shape index (κ1) is 11.7. The van der Waals surface area contributed by atoms with Crippen molar-refractivity contribution in [2.24, 2.45) is 0 Å². The highest BCUT2D eigenvalue weighted by Gasteiger charge is 2.45. The molecule has 1 N–H and O–H groups in total. The molecule has 0 aliphatic carbocycles. The second-order valence-corrected chi connectivity index (χ2v) is 3.99. The predicted octanol–water partition coefficient (Wildman–Crippen LogP) is 0.554. The third-order valence-electron chi connectivity index (χ3n) is 2.59. The van der Waals surface area contributed by atoms with Gasteiger partial charge in [-0.2, -0.15) is 18.3 Å². The SMILES string of the molecule is C[C@H]1C[C@H](C(F)(F)F)n2nc(C(=O)[O-])cc2N1. The van der Waals surface area contributed by atoms with E-state index in [1.165, 1.54) is 0 Å². The maximum atomic E-state index is 12.8. The molecule has 0 saturated carbocycles. The molecule has 0 spiro atoms. The maximum absolute atomic E-state index is 12.8. The number of carbonyl (C=O) groups is 1. The van der Waals surface area contributed by atoms with Gasteiger partial charge in [0.25, 0.3) is 0 Å². The van der Waals surface area contributed by atoms with E-state index < -0.39 is 29.9 Å². The van der Waals surface area contributed by atoms with Gasteiger partial charge >= 0.3 is 6.18 Å². The van der Waals surface area contributed by atoms with Crippen molar-refractivity contribution in [1.29, 1.82) is 0 Å². The fraction of sp³-hybridized carbons (Fsp3) is 0.556. The largest absolute Gasteiger partial charge is 0.543 e. The van der Waals surface area contributed by atoms with Gasteiger partial charge in [-0.25, -0.2) is 4.68 Å². The molecule has 0 bridgehead atoms. The van der Waals surface area contributed by atoms with E-state index in [9.17, 15) is 23.1 Å². The minimum Gasteiger partial charge on any atom is -0.543 e. The molecule has 1 aliphatic heterocycles. The highest BCUT2D eigenvalue weighted by molar-refractivity contribution is 5.84. The van der Waals surface area contributed by atoms with Crippen molar-refractivity contribution in [3.05, 3.63) is 11.8 Å². The number of alkyl halides is 3. The van der Waals surface area contributed by atoms with Gasteiger partial charge in [-0.15, -0.1) is 0 Å². The van der Waals surface area contributed by atoms with Crippen molar-refractivity contribution in [1.82, 2.24) is 9.78 Å². The number of carboxylic acid groups (broad SMARTS) is 1. The molecular formula is C9H9F3N3O2-. The number of aromatic nitrogens is 2. The van der Waals surface area contributed by atoms with Crippen LogP contribution in [0.15, 0.2) is 6.07 Å².